The molecular weight excluding hydrogens is 283 g/mol. The van der Waals surface area contributed by atoms with Crippen LogP contribution in [0.5, 0.6) is 0 Å². The number of alkyl halides is 1. The van der Waals surface area contributed by atoms with Crippen LogP contribution in [-0.4, -0.2) is 37.9 Å². The first kappa shape index (κ1) is 15.6. The molecule has 0 aromatic rings. The third kappa shape index (κ3) is 8.40. The van der Waals surface area contributed by atoms with Crippen molar-refractivity contribution in [3.05, 3.63) is 0 Å². The highest BCUT2D eigenvalue weighted by Gasteiger charge is 2.22. The van der Waals surface area contributed by atoms with Gasteiger partial charge < -0.3 is 13.8 Å². The van der Waals surface area contributed by atoms with Crippen LogP contribution in [0.1, 0.15) is 20.3 Å². The summed E-state index contributed by atoms with van der Waals surface area (Å²) >= 11 is 3.26. The van der Waals surface area contributed by atoms with Crippen LogP contribution in [0, 0.1) is 0 Å². The van der Waals surface area contributed by atoms with Gasteiger partial charge in [0.05, 0.1) is 26.0 Å². The Balaban J connectivity index is 3.71. The normalized spacial score (nSPS) is 11.9. The number of hydrogen-bond acceptors (Lipinski definition) is 4. The van der Waals surface area contributed by atoms with Crippen molar-refractivity contribution in [2.75, 3.05) is 37.9 Å². The second-order valence-corrected chi connectivity index (χ2v) is 5.80. The lowest BCUT2D eigenvalue weighted by Gasteiger charge is -2.16. The molecule has 0 N–H and O–H groups in total. The lowest BCUT2D eigenvalue weighted by molar-refractivity contribution is 0.148. The van der Waals surface area contributed by atoms with E-state index in [0.29, 0.717) is 39.0 Å². The zero-order valence-corrected chi connectivity index (χ0v) is 11.9. The summed E-state index contributed by atoms with van der Waals surface area (Å²) in [6.07, 6.45) is 1.13. The average molecular weight is 303 g/mol. The van der Waals surface area contributed by atoms with E-state index in [2.05, 4.69) is 15.9 Å². The van der Waals surface area contributed by atoms with Gasteiger partial charge in [0, 0.05) is 11.9 Å². The fraction of sp³-hybridized carbons (Fsp3) is 1.00. The van der Waals surface area contributed by atoms with Gasteiger partial charge in [-0.25, -0.2) is 0 Å². The summed E-state index contributed by atoms with van der Waals surface area (Å²) in [5, 5.41) is 0.821. The standard InChI is InChI=1S/C9H20BrO4P/c1-3-13-15(11,14-4-2)9-5-7-12-8-6-10/h3-9H2,1-2H3. The fourth-order valence-electron chi connectivity index (χ4n) is 1.08. The number of hydrogen-bond donors (Lipinski definition) is 0. The van der Waals surface area contributed by atoms with Crippen LogP contribution < -0.4 is 0 Å². The van der Waals surface area contributed by atoms with Crippen molar-refractivity contribution in [3.8, 4) is 0 Å². The maximum atomic E-state index is 11.9. The smallest absolute Gasteiger partial charge is 0.330 e. The Bertz CT molecular complexity index is 179. The molecule has 0 atom stereocenters. The molecule has 0 bridgehead atoms. The molecule has 0 aromatic heterocycles. The number of rotatable bonds is 10. The van der Waals surface area contributed by atoms with E-state index >= 15 is 0 Å². The zero-order chi connectivity index (χ0) is 11.6. The molecule has 0 rings (SSSR count). The summed E-state index contributed by atoms with van der Waals surface area (Å²) in [4.78, 5) is 0. The van der Waals surface area contributed by atoms with Crippen molar-refractivity contribution in [1.29, 1.82) is 0 Å². The number of ether oxygens (including phenoxy) is 1. The van der Waals surface area contributed by atoms with E-state index in [4.69, 9.17) is 13.8 Å². The Morgan fingerprint density at radius 1 is 1.13 bits per heavy atom. The summed E-state index contributed by atoms with van der Waals surface area (Å²) in [5.74, 6) is 0. The van der Waals surface area contributed by atoms with Crippen molar-refractivity contribution in [2.24, 2.45) is 0 Å². The molecule has 0 aliphatic heterocycles. The first-order valence-electron chi connectivity index (χ1n) is 5.20. The molecule has 0 aliphatic rings. The molecule has 0 fully saturated rings. The van der Waals surface area contributed by atoms with Crippen LogP contribution in [0.25, 0.3) is 0 Å². The van der Waals surface area contributed by atoms with Crippen molar-refractivity contribution < 1.29 is 18.3 Å². The van der Waals surface area contributed by atoms with Gasteiger partial charge in [0.15, 0.2) is 0 Å². The minimum absolute atomic E-state index is 0.416. The van der Waals surface area contributed by atoms with Gasteiger partial charge in [0.1, 0.15) is 0 Å². The van der Waals surface area contributed by atoms with Gasteiger partial charge in [-0.1, -0.05) is 15.9 Å². The summed E-state index contributed by atoms with van der Waals surface area (Å²) < 4.78 is 27.5. The first-order valence-corrected chi connectivity index (χ1v) is 8.05. The van der Waals surface area contributed by atoms with Crippen LogP contribution >= 0.6 is 23.5 Å². The SMILES string of the molecule is CCOP(=O)(CCCOCCBr)OCC. The molecule has 4 nitrogen and oxygen atoms in total. The molecular formula is C9H20BrO4P. The van der Waals surface area contributed by atoms with Crippen LogP contribution in [0.3, 0.4) is 0 Å². The monoisotopic (exact) mass is 302 g/mol. The predicted molar refractivity (Wildman–Crippen MR) is 65.0 cm³/mol. The minimum Gasteiger partial charge on any atom is -0.381 e. The van der Waals surface area contributed by atoms with Crippen LogP contribution in [0.15, 0.2) is 0 Å². The molecule has 0 spiro atoms. The van der Waals surface area contributed by atoms with E-state index in [-0.39, 0.29) is 0 Å². The number of halogens is 1. The minimum atomic E-state index is -2.86. The Hall–Kier alpha value is 0.590. The second kappa shape index (κ2) is 9.79. The van der Waals surface area contributed by atoms with Gasteiger partial charge in [-0.3, -0.25) is 4.57 Å². The van der Waals surface area contributed by atoms with E-state index in [9.17, 15) is 4.57 Å². The van der Waals surface area contributed by atoms with E-state index in [1.54, 1.807) is 0 Å². The molecule has 0 aromatic carbocycles. The fourth-order valence-corrected chi connectivity index (χ4v) is 2.94. The summed E-state index contributed by atoms with van der Waals surface area (Å²) in [6.45, 7) is 5.72. The zero-order valence-electron chi connectivity index (χ0n) is 9.41. The molecule has 0 saturated carbocycles. The topological polar surface area (TPSA) is 44.8 Å². The van der Waals surface area contributed by atoms with Gasteiger partial charge in [-0.2, -0.15) is 0 Å². The van der Waals surface area contributed by atoms with Crippen molar-refractivity contribution in [3.63, 3.8) is 0 Å². The van der Waals surface area contributed by atoms with Gasteiger partial charge in [-0.15, -0.1) is 0 Å². The molecule has 15 heavy (non-hydrogen) atoms. The van der Waals surface area contributed by atoms with Crippen LogP contribution in [0.2, 0.25) is 0 Å². The molecule has 0 unspecified atom stereocenters. The second-order valence-electron chi connectivity index (χ2n) is 2.82. The van der Waals surface area contributed by atoms with Crippen LogP contribution in [-0.2, 0) is 18.3 Å². The molecule has 0 amide bonds. The third-order valence-corrected chi connectivity index (χ3v) is 4.08. The molecule has 0 radical (unpaired) electrons. The summed E-state index contributed by atoms with van der Waals surface area (Å²) in [5.41, 5.74) is 0. The van der Waals surface area contributed by atoms with Gasteiger partial charge in [0.25, 0.3) is 0 Å². The summed E-state index contributed by atoms with van der Waals surface area (Å²) in [6, 6.07) is 0. The largest absolute Gasteiger partial charge is 0.381 e. The van der Waals surface area contributed by atoms with E-state index in [1.807, 2.05) is 13.8 Å². The average Bonchev–Trinajstić information content (AvgIpc) is 2.18. The highest BCUT2D eigenvalue weighted by Crippen LogP contribution is 2.48. The Morgan fingerprint density at radius 3 is 2.20 bits per heavy atom. The van der Waals surface area contributed by atoms with Crippen LogP contribution in [0.4, 0.5) is 0 Å². The van der Waals surface area contributed by atoms with Crippen molar-refractivity contribution >= 4 is 23.5 Å². The Kier molecular flexibility index (Phi) is 10.2. The maximum absolute atomic E-state index is 11.9. The lowest BCUT2D eigenvalue weighted by atomic mass is 10.5. The third-order valence-electron chi connectivity index (χ3n) is 1.59. The van der Waals surface area contributed by atoms with E-state index in [0.717, 1.165) is 5.33 Å². The molecule has 0 aliphatic carbocycles. The molecule has 0 heterocycles. The van der Waals surface area contributed by atoms with Crippen molar-refractivity contribution in [1.82, 2.24) is 0 Å². The highest BCUT2D eigenvalue weighted by atomic mass is 79.9. The van der Waals surface area contributed by atoms with E-state index < -0.39 is 7.60 Å². The van der Waals surface area contributed by atoms with Crippen molar-refractivity contribution in [2.45, 2.75) is 20.3 Å². The lowest BCUT2D eigenvalue weighted by Crippen LogP contribution is -2.04. The maximum Gasteiger partial charge on any atom is 0.330 e. The quantitative estimate of drug-likeness (QED) is 0.353. The van der Waals surface area contributed by atoms with E-state index in [1.165, 1.54) is 0 Å². The van der Waals surface area contributed by atoms with Gasteiger partial charge in [-0.05, 0) is 20.3 Å². The molecule has 92 valence electrons. The van der Waals surface area contributed by atoms with Gasteiger partial charge >= 0.3 is 7.60 Å². The predicted octanol–water partition coefficient (Wildman–Crippen LogP) is 3.05. The highest BCUT2D eigenvalue weighted by molar-refractivity contribution is 9.09. The van der Waals surface area contributed by atoms with Gasteiger partial charge in [0.2, 0.25) is 0 Å². The first-order chi connectivity index (χ1) is 7.18. The Morgan fingerprint density at radius 2 is 1.73 bits per heavy atom. The summed E-state index contributed by atoms with van der Waals surface area (Å²) in [7, 11) is -2.86. The molecule has 0 saturated heterocycles. The molecule has 6 heteroatoms. The Labute approximate surface area is 100 Å².